The van der Waals surface area contributed by atoms with Crippen LogP contribution in [-0.2, 0) is 0 Å². The number of thiophene rings is 1. The van der Waals surface area contributed by atoms with Crippen molar-refractivity contribution in [2.24, 2.45) is 0 Å². The van der Waals surface area contributed by atoms with Crippen molar-refractivity contribution in [2.75, 3.05) is 7.11 Å². The molecule has 1 atom stereocenters. The Balaban J connectivity index is 2.39. The van der Waals surface area contributed by atoms with Gasteiger partial charge in [0.1, 0.15) is 11.6 Å². The summed E-state index contributed by atoms with van der Waals surface area (Å²) in [6.07, 6.45) is 0. The highest BCUT2D eigenvalue weighted by atomic mass is 79.9. The van der Waals surface area contributed by atoms with Crippen LogP contribution in [0.1, 0.15) is 21.4 Å². The molecule has 1 heterocycles. The fourth-order valence-electron chi connectivity index (χ4n) is 1.72. The molecule has 0 fully saturated rings. The molecule has 0 amide bonds. The third-order valence-electron chi connectivity index (χ3n) is 2.68. The van der Waals surface area contributed by atoms with Crippen molar-refractivity contribution in [1.82, 2.24) is 0 Å². The van der Waals surface area contributed by atoms with Crippen molar-refractivity contribution < 1.29 is 9.13 Å². The number of aryl methyl sites for hydroxylation is 1. The molecule has 2 rings (SSSR count). The van der Waals surface area contributed by atoms with Gasteiger partial charge in [0, 0.05) is 16.5 Å². The normalized spacial score (nSPS) is 12.5. The van der Waals surface area contributed by atoms with E-state index in [0.717, 1.165) is 14.2 Å². The predicted octanol–water partition coefficient (Wildman–Crippen LogP) is 5.29. The Kier molecular flexibility index (Phi) is 4.30. The number of hydrogen-bond acceptors (Lipinski definition) is 2. The van der Waals surface area contributed by atoms with Crippen LogP contribution in [0.4, 0.5) is 4.39 Å². The first-order valence-corrected chi connectivity index (χ1v) is 7.31. The Bertz CT molecular complexity index is 570. The van der Waals surface area contributed by atoms with Gasteiger partial charge in [-0.3, -0.25) is 0 Å². The molecule has 1 aromatic heterocycles. The highest BCUT2D eigenvalue weighted by molar-refractivity contribution is 9.11. The summed E-state index contributed by atoms with van der Waals surface area (Å²) in [6, 6.07) is 6.66. The number of ether oxygens (including phenoxy) is 1. The van der Waals surface area contributed by atoms with Gasteiger partial charge in [0.2, 0.25) is 0 Å². The lowest BCUT2D eigenvalue weighted by atomic mass is 10.0. The smallest absolute Gasteiger partial charge is 0.131 e. The maximum absolute atomic E-state index is 13.9. The molecule has 0 aliphatic rings. The molecule has 96 valence electrons. The summed E-state index contributed by atoms with van der Waals surface area (Å²) in [6.45, 7) is 1.97. The topological polar surface area (TPSA) is 9.23 Å². The van der Waals surface area contributed by atoms with Gasteiger partial charge < -0.3 is 4.74 Å². The van der Waals surface area contributed by atoms with Crippen LogP contribution in [0.3, 0.4) is 0 Å². The molecule has 2 aromatic rings. The lowest BCUT2D eigenvalue weighted by Crippen LogP contribution is -1.98. The average molecular weight is 350 g/mol. The molecule has 0 spiro atoms. The zero-order chi connectivity index (χ0) is 13.3. The van der Waals surface area contributed by atoms with E-state index in [-0.39, 0.29) is 5.82 Å². The van der Waals surface area contributed by atoms with E-state index in [1.165, 1.54) is 13.2 Å². The molecule has 0 N–H and O–H groups in total. The number of halogens is 3. The third kappa shape index (κ3) is 2.71. The highest BCUT2D eigenvalue weighted by Crippen LogP contribution is 2.38. The molecule has 5 heteroatoms. The maximum atomic E-state index is 13.9. The SMILES string of the molecule is COc1ccc(C(Cl)c2cc(Br)sc2C)c(F)c1. The van der Waals surface area contributed by atoms with Crippen LogP contribution >= 0.6 is 38.9 Å². The third-order valence-corrected chi connectivity index (χ3v) is 4.72. The molecule has 1 unspecified atom stereocenters. The molecule has 0 aliphatic heterocycles. The van der Waals surface area contributed by atoms with E-state index in [1.807, 2.05) is 13.0 Å². The van der Waals surface area contributed by atoms with Crippen LogP contribution < -0.4 is 4.74 Å². The van der Waals surface area contributed by atoms with Gasteiger partial charge in [0.05, 0.1) is 16.3 Å². The Morgan fingerprint density at radius 2 is 2.06 bits per heavy atom. The summed E-state index contributed by atoms with van der Waals surface area (Å²) in [4.78, 5) is 1.08. The van der Waals surface area contributed by atoms with Crippen LogP contribution in [0.15, 0.2) is 28.1 Å². The van der Waals surface area contributed by atoms with Crippen molar-refractivity contribution in [3.8, 4) is 5.75 Å². The molecule has 18 heavy (non-hydrogen) atoms. The van der Waals surface area contributed by atoms with Gasteiger partial charge in [-0.25, -0.2) is 4.39 Å². The van der Waals surface area contributed by atoms with Crippen molar-refractivity contribution >= 4 is 38.9 Å². The molecule has 0 saturated heterocycles. The van der Waals surface area contributed by atoms with E-state index in [9.17, 15) is 4.39 Å². The standard InChI is InChI=1S/C13H11BrClFOS/c1-7-10(6-12(14)18-7)13(15)9-4-3-8(17-2)5-11(9)16/h3-6,13H,1-2H3. The Labute approximate surface area is 123 Å². The lowest BCUT2D eigenvalue weighted by molar-refractivity contribution is 0.410. The molecule has 1 aromatic carbocycles. The summed E-state index contributed by atoms with van der Waals surface area (Å²) < 4.78 is 19.9. The Morgan fingerprint density at radius 1 is 1.33 bits per heavy atom. The average Bonchev–Trinajstić information content (AvgIpc) is 2.67. The lowest BCUT2D eigenvalue weighted by Gasteiger charge is -2.11. The molecule has 0 aliphatic carbocycles. The van der Waals surface area contributed by atoms with Crippen molar-refractivity contribution in [3.63, 3.8) is 0 Å². The van der Waals surface area contributed by atoms with E-state index in [0.29, 0.717) is 11.3 Å². The van der Waals surface area contributed by atoms with Gasteiger partial charge in [0.15, 0.2) is 0 Å². The van der Waals surface area contributed by atoms with Crippen molar-refractivity contribution in [2.45, 2.75) is 12.3 Å². The first kappa shape index (κ1) is 13.8. The zero-order valence-electron chi connectivity index (χ0n) is 9.84. The van der Waals surface area contributed by atoms with Crippen LogP contribution in [0, 0.1) is 12.7 Å². The maximum Gasteiger partial charge on any atom is 0.131 e. The first-order chi connectivity index (χ1) is 8.52. The van der Waals surface area contributed by atoms with Crippen LogP contribution in [0.5, 0.6) is 5.75 Å². The van der Waals surface area contributed by atoms with Gasteiger partial charge in [0.25, 0.3) is 0 Å². The molecule has 1 nitrogen and oxygen atoms in total. The van der Waals surface area contributed by atoms with E-state index in [1.54, 1.807) is 23.5 Å². The van der Waals surface area contributed by atoms with Gasteiger partial charge in [-0.1, -0.05) is 6.07 Å². The van der Waals surface area contributed by atoms with Crippen LogP contribution in [0.2, 0.25) is 0 Å². The summed E-state index contributed by atoms with van der Waals surface area (Å²) in [5.41, 5.74) is 1.39. The number of methoxy groups -OCH3 is 1. The van der Waals surface area contributed by atoms with Crippen LogP contribution in [-0.4, -0.2) is 7.11 Å². The quantitative estimate of drug-likeness (QED) is 0.684. The predicted molar refractivity (Wildman–Crippen MR) is 77.4 cm³/mol. The van der Waals surface area contributed by atoms with E-state index in [4.69, 9.17) is 16.3 Å². The second-order valence-corrected chi connectivity index (χ2v) is 6.88. The second kappa shape index (κ2) is 5.59. The number of hydrogen-bond donors (Lipinski definition) is 0. The van der Waals surface area contributed by atoms with E-state index < -0.39 is 5.38 Å². The monoisotopic (exact) mass is 348 g/mol. The fourth-order valence-corrected chi connectivity index (χ4v) is 3.93. The van der Waals surface area contributed by atoms with Gasteiger partial charge in [-0.15, -0.1) is 22.9 Å². The number of benzene rings is 1. The minimum Gasteiger partial charge on any atom is -0.497 e. The van der Waals surface area contributed by atoms with E-state index in [2.05, 4.69) is 15.9 Å². The summed E-state index contributed by atoms with van der Waals surface area (Å²) in [5.74, 6) is 0.138. The van der Waals surface area contributed by atoms with Gasteiger partial charge in [-0.2, -0.15) is 0 Å². The summed E-state index contributed by atoms with van der Waals surface area (Å²) in [7, 11) is 1.51. The summed E-state index contributed by atoms with van der Waals surface area (Å²) >= 11 is 11.4. The van der Waals surface area contributed by atoms with Gasteiger partial charge >= 0.3 is 0 Å². The van der Waals surface area contributed by atoms with E-state index >= 15 is 0 Å². The van der Waals surface area contributed by atoms with Crippen LogP contribution in [0.25, 0.3) is 0 Å². The largest absolute Gasteiger partial charge is 0.497 e. The van der Waals surface area contributed by atoms with Crippen molar-refractivity contribution in [3.05, 3.63) is 49.9 Å². The number of rotatable bonds is 3. The van der Waals surface area contributed by atoms with Gasteiger partial charge in [-0.05, 0) is 40.5 Å². The molecule has 0 bridgehead atoms. The zero-order valence-corrected chi connectivity index (χ0v) is 13.0. The second-order valence-electron chi connectivity index (χ2n) is 3.81. The summed E-state index contributed by atoms with van der Waals surface area (Å²) in [5, 5.41) is -0.488. The van der Waals surface area contributed by atoms with Crippen molar-refractivity contribution in [1.29, 1.82) is 0 Å². The Hall–Kier alpha value is -0.580. The number of alkyl halides is 1. The molecular weight excluding hydrogens is 339 g/mol. The Morgan fingerprint density at radius 3 is 2.56 bits per heavy atom. The first-order valence-electron chi connectivity index (χ1n) is 5.26. The fraction of sp³-hybridized carbons (Fsp3) is 0.231. The molecule has 0 saturated carbocycles. The molecular formula is C13H11BrClFOS. The minimum atomic E-state index is -0.488. The minimum absolute atomic E-state index is 0.351. The molecule has 0 radical (unpaired) electrons. The highest BCUT2D eigenvalue weighted by Gasteiger charge is 2.19.